The van der Waals surface area contributed by atoms with Gasteiger partial charge in [-0.1, -0.05) is 53.0 Å². The first-order valence-corrected chi connectivity index (χ1v) is 8.38. The Balaban J connectivity index is 1.80. The van der Waals surface area contributed by atoms with E-state index in [0.717, 1.165) is 11.1 Å². The molecular weight excluding hydrogens is 369 g/mol. The summed E-state index contributed by atoms with van der Waals surface area (Å²) in [6, 6.07) is 12.9. The van der Waals surface area contributed by atoms with Crippen LogP contribution in [0.3, 0.4) is 0 Å². The van der Waals surface area contributed by atoms with Crippen LogP contribution < -0.4 is 0 Å². The predicted octanol–water partition coefficient (Wildman–Crippen LogP) is 5.20. The first-order chi connectivity index (χ1) is 11.6. The lowest BCUT2D eigenvalue weighted by Crippen LogP contribution is -2.14. The summed E-state index contributed by atoms with van der Waals surface area (Å²) in [7, 11) is 0. The lowest BCUT2D eigenvalue weighted by molar-refractivity contribution is 0.0257. The van der Waals surface area contributed by atoms with Crippen molar-refractivity contribution in [1.82, 2.24) is 14.8 Å². The molecule has 0 aliphatic rings. The van der Waals surface area contributed by atoms with Gasteiger partial charge in [-0.05, 0) is 29.8 Å². The van der Waals surface area contributed by atoms with Crippen molar-refractivity contribution in [2.75, 3.05) is 0 Å². The van der Waals surface area contributed by atoms with Gasteiger partial charge in [0.2, 0.25) is 0 Å². The van der Waals surface area contributed by atoms with Crippen LogP contribution in [0.1, 0.15) is 17.2 Å². The quantitative estimate of drug-likeness (QED) is 0.588. The summed E-state index contributed by atoms with van der Waals surface area (Å²) in [4.78, 5) is 3.96. The smallest absolute Gasteiger partial charge is 0.137 e. The zero-order valence-electron chi connectivity index (χ0n) is 12.6. The van der Waals surface area contributed by atoms with Gasteiger partial charge < -0.3 is 4.74 Å². The van der Waals surface area contributed by atoms with E-state index in [0.29, 0.717) is 28.2 Å². The Labute approximate surface area is 154 Å². The van der Waals surface area contributed by atoms with Crippen molar-refractivity contribution in [3.63, 3.8) is 0 Å². The summed E-state index contributed by atoms with van der Waals surface area (Å²) in [5, 5.41) is 5.97. The number of halogens is 3. The molecule has 0 aliphatic carbocycles. The summed E-state index contributed by atoms with van der Waals surface area (Å²) in [5.74, 6) is 0. The van der Waals surface area contributed by atoms with Crippen LogP contribution in [0.15, 0.2) is 55.1 Å². The second-order valence-corrected chi connectivity index (χ2v) is 6.49. The van der Waals surface area contributed by atoms with Crippen LogP contribution in [0.25, 0.3) is 0 Å². The fraction of sp³-hybridized carbons (Fsp3) is 0.176. The Kier molecular flexibility index (Phi) is 5.74. The van der Waals surface area contributed by atoms with Crippen molar-refractivity contribution in [3.8, 4) is 0 Å². The van der Waals surface area contributed by atoms with Crippen LogP contribution >= 0.6 is 34.8 Å². The van der Waals surface area contributed by atoms with Gasteiger partial charge in [-0.25, -0.2) is 4.98 Å². The average Bonchev–Trinajstić information content (AvgIpc) is 3.06. The van der Waals surface area contributed by atoms with E-state index in [4.69, 9.17) is 39.5 Å². The van der Waals surface area contributed by atoms with Gasteiger partial charge >= 0.3 is 0 Å². The van der Waals surface area contributed by atoms with Crippen LogP contribution in [0.4, 0.5) is 0 Å². The van der Waals surface area contributed by atoms with Gasteiger partial charge in [-0.15, -0.1) is 0 Å². The largest absolute Gasteiger partial charge is 0.367 e. The standard InChI is InChI=1S/C17H14Cl3N3O/c18-13-3-1-12(2-4-13)9-24-17(8-23-11-21-10-22-23)15-6-5-14(19)7-16(15)20/h1-7,10-11,17H,8-9H2. The van der Waals surface area contributed by atoms with E-state index in [1.807, 2.05) is 30.3 Å². The van der Waals surface area contributed by atoms with Crippen LogP contribution in [0.2, 0.25) is 15.1 Å². The molecule has 2 aromatic carbocycles. The van der Waals surface area contributed by atoms with Gasteiger partial charge in [-0.2, -0.15) is 5.10 Å². The number of benzene rings is 2. The molecule has 0 bridgehead atoms. The van der Waals surface area contributed by atoms with Gasteiger partial charge in [0, 0.05) is 20.6 Å². The van der Waals surface area contributed by atoms with Gasteiger partial charge in [0.25, 0.3) is 0 Å². The Morgan fingerprint density at radius 3 is 2.42 bits per heavy atom. The van der Waals surface area contributed by atoms with Crippen molar-refractivity contribution < 1.29 is 4.74 Å². The maximum atomic E-state index is 6.34. The number of ether oxygens (including phenoxy) is 1. The Hall–Kier alpha value is -1.59. The molecule has 3 rings (SSSR count). The minimum atomic E-state index is -0.285. The Bertz CT molecular complexity index is 791. The third kappa shape index (κ3) is 4.48. The van der Waals surface area contributed by atoms with Crippen molar-refractivity contribution in [2.45, 2.75) is 19.3 Å². The molecule has 0 amide bonds. The van der Waals surface area contributed by atoms with Crippen LogP contribution in [-0.4, -0.2) is 14.8 Å². The SMILES string of the molecule is Clc1ccc(COC(Cn2cncn2)c2ccc(Cl)cc2Cl)cc1. The molecule has 0 saturated carbocycles. The number of hydrogen-bond acceptors (Lipinski definition) is 3. The first kappa shape index (κ1) is 17.2. The molecule has 1 unspecified atom stereocenters. The van der Waals surface area contributed by atoms with Gasteiger partial charge in [0.15, 0.2) is 0 Å². The van der Waals surface area contributed by atoms with Crippen molar-refractivity contribution in [2.24, 2.45) is 0 Å². The summed E-state index contributed by atoms with van der Waals surface area (Å²) < 4.78 is 7.79. The van der Waals surface area contributed by atoms with Gasteiger partial charge in [-0.3, -0.25) is 4.68 Å². The van der Waals surface area contributed by atoms with Crippen LogP contribution in [-0.2, 0) is 17.9 Å². The monoisotopic (exact) mass is 381 g/mol. The molecular formula is C17H14Cl3N3O. The lowest BCUT2D eigenvalue weighted by Gasteiger charge is -2.20. The second-order valence-electron chi connectivity index (χ2n) is 5.21. The number of nitrogens with zero attached hydrogens (tertiary/aromatic N) is 3. The average molecular weight is 383 g/mol. The fourth-order valence-corrected chi connectivity index (χ4v) is 2.93. The molecule has 0 aliphatic heterocycles. The third-order valence-corrected chi connectivity index (χ3v) is 4.31. The molecule has 7 heteroatoms. The van der Waals surface area contributed by atoms with E-state index < -0.39 is 0 Å². The van der Waals surface area contributed by atoms with E-state index in [9.17, 15) is 0 Å². The fourth-order valence-electron chi connectivity index (χ4n) is 2.28. The molecule has 124 valence electrons. The predicted molar refractivity (Wildman–Crippen MR) is 95.5 cm³/mol. The van der Waals surface area contributed by atoms with E-state index in [1.54, 1.807) is 23.1 Å². The van der Waals surface area contributed by atoms with E-state index in [1.165, 1.54) is 6.33 Å². The van der Waals surface area contributed by atoms with Crippen molar-refractivity contribution in [1.29, 1.82) is 0 Å². The summed E-state index contributed by atoms with van der Waals surface area (Å²) >= 11 is 18.2. The number of hydrogen-bond donors (Lipinski definition) is 0. The van der Waals surface area contributed by atoms with E-state index in [-0.39, 0.29) is 6.10 Å². The molecule has 0 saturated heterocycles. The molecule has 24 heavy (non-hydrogen) atoms. The van der Waals surface area contributed by atoms with E-state index in [2.05, 4.69) is 10.1 Å². The minimum Gasteiger partial charge on any atom is -0.367 e. The molecule has 1 atom stereocenters. The first-order valence-electron chi connectivity index (χ1n) is 7.25. The number of aromatic nitrogens is 3. The highest BCUT2D eigenvalue weighted by Gasteiger charge is 2.17. The minimum absolute atomic E-state index is 0.285. The molecule has 0 radical (unpaired) electrons. The lowest BCUT2D eigenvalue weighted by atomic mass is 10.1. The molecule has 0 fully saturated rings. The van der Waals surface area contributed by atoms with E-state index >= 15 is 0 Å². The van der Waals surface area contributed by atoms with Crippen molar-refractivity contribution in [3.05, 3.63) is 81.3 Å². The summed E-state index contributed by atoms with van der Waals surface area (Å²) in [6.07, 6.45) is 2.84. The summed E-state index contributed by atoms with van der Waals surface area (Å²) in [6.45, 7) is 0.921. The Morgan fingerprint density at radius 2 is 1.75 bits per heavy atom. The highest BCUT2D eigenvalue weighted by atomic mass is 35.5. The molecule has 3 aromatic rings. The Morgan fingerprint density at radius 1 is 1.00 bits per heavy atom. The third-order valence-electron chi connectivity index (χ3n) is 3.49. The highest BCUT2D eigenvalue weighted by Crippen LogP contribution is 2.30. The van der Waals surface area contributed by atoms with Gasteiger partial charge in [0.1, 0.15) is 18.8 Å². The topological polar surface area (TPSA) is 39.9 Å². The zero-order chi connectivity index (χ0) is 16.9. The molecule has 0 N–H and O–H groups in total. The van der Waals surface area contributed by atoms with Crippen molar-refractivity contribution >= 4 is 34.8 Å². The highest BCUT2D eigenvalue weighted by molar-refractivity contribution is 6.35. The van der Waals surface area contributed by atoms with Crippen LogP contribution in [0, 0.1) is 0 Å². The zero-order valence-corrected chi connectivity index (χ0v) is 14.8. The molecule has 4 nitrogen and oxygen atoms in total. The number of rotatable bonds is 6. The molecule has 1 aromatic heterocycles. The second kappa shape index (κ2) is 7.99. The van der Waals surface area contributed by atoms with Crippen LogP contribution in [0.5, 0.6) is 0 Å². The molecule has 0 spiro atoms. The maximum Gasteiger partial charge on any atom is 0.137 e. The van der Waals surface area contributed by atoms with Gasteiger partial charge in [0.05, 0.1) is 13.2 Å². The summed E-state index contributed by atoms with van der Waals surface area (Å²) in [5.41, 5.74) is 1.87. The molecule has 1 heterocycles. The maximum absolute atomic E-state index is 6.34. The normalized spacial score (nSPS) is 12.3.